The first-order chi connectivity index (χ1) is 9.33. The highest BCUT2D eigenvalue weighted by molar-refractivity contribution is 7.80. The van der Waals surface area contributed by atoms with Crippen molar-refractivity contribution in [1.82, 2.24) is 10.6 Å². The summed E-state index contributed by atoms with van der Waals surface area (Å²) in [6.45, 7) is 0. The molecule has 0 saturated heterocycles. The molecule has 1 atom stereocenters. The van der Waals surface area contributed by atoms with Gasteiger partial charge in [0.2, 0.25) is 0 Å². The van der Waals surface area contributed by atoms with Crippen LogP contribution >= 0.6 is 12.2 Å². The first kappa shape index (κ1) is 12.9. The van der Waals surface area contributed by atoms with Crippen LogP contribution in [0.2, 0.25) is 0 Å². The Kier molecular flexibility index (Phi) is 4.02. The Hall–Kier alpha value is -1.09. The van der Waals surface area contributed by atoms with E-state index >= 15 is 0 Å². The van der Waals surface area contributed by atoms with Crippen LogP contribution in [0.3, 0.4) is 0 Å². The Morgan fingerprint density at radius 3 is 2.63 bits per heavy atom. The summed E-state index contributed by atoms with van der Waals surface area (Å²) in [5.74, 6) is 0. The van der Waals surface area contributed by atoms with Crippen molar-refractivity contribution in [1.29, 1.82) is 0 Å². The lowest BCUT2D eigenvalue weighted by Crippen LogP contribution is -2.42. The van der Waals surface area contributed by atoms with Crippen LogP contribution in [0.25, 0.3) is 0 Å². The first-order valence-corrected chi connectivity index (χ1v) is 7.88. The van der Waals surface area contributed by atoms with Crippen LogP contribution < -0.4 is 10.6 Å². The van der Waals surface area contributed by atoms with Gasteiger partial charge in [0.05, 0.1) is 6.04 Å². The molecule has 0 aliphatic heterocycles. The topological polar surface area (TPSA) is 24.1 Å². The average Bonchev–Trinajstić information content (AvgIpc) is 2.92. The van der Waals surface area contributed by atoms with Crippen molar-refractivity contribution in [3.05, 3.63) is 35.4 Å². The number of benzene rings is 1. The molecule has 2 N–H and O–H groups in total. The van der Waals surface area contributed by atoms with E-state index in [4.69, 9.17) is 12.2 Å². The molecule has 1 unspecified atom stereocenters. The summed E-state index contributed by atoms with van der Waals surface area (Å²) in [6, 6.07) is 9.74. The van der Waals surface area contributed by atoms with Crippen LogP contribution in [-0.4, -0.2) is 11.2 Å². The van der Waals surface area contributed by atoms with E-state index in [9.17, 15) is 0 Å². The number of nitrogens with one attached hydrogen (secondary N) is 2. The Labute approximate surface area is 121 Å². The van der Waals surface area contributed by atoms with E-state index < -0.39 is 0 Å². The van der Waals surface area contributed by atoms with Gasteiger partial charge >= 0.3 is 0 Å². The number of rotatable bonds is 2. The van der Waals surface area contributed by atoms with Crippen LogP contribution in [0.15, 0.2) is 24.3 Å². The molecule has 0 radical (unpaired) electrons. The van der Waals surface area contributed by atoms with Gasteiger partial charge in [-0.25, -0.2) is 0 Å². The van der Waals surface area contributed by atoms with E-state index in [1.54, 1.807) is 0 Å². The molecule has 0 heterocycles. The maximum absolute atomic E-state index is 5.48. The normalized spacial score (nSPS) is 22.8. The van der Waals surface area contributed by atoms with E-state index in [-0.39, 0.29) is 0 Å². The minimum absolute atomic E-state index is 0.395. The molecule has 0 aromatic heterocycles. The molecular weight excluding hydrogens is 252 g/mol. The third-order valence-electron chi connectivity index (χ3n) is 4.37. The molecule has 2 nitrogen and oxygen atoms in total. The molecule has 102 valence electrons. The van der Waals surface area contributed by atoms with Gasteiger partial charge in [0.25, 0.3) is 0 Å². The lowest BCUT2D eigenvalue weighted by atomic mass is 9.88. The summed E-state index contributed by atoms with van der Waals surface area (Å²) >= 11 is 5.48. The van der Waals surface area contributed by atoms with Crippen molar-refractivity contribution < 1.29 is 0 Å². The number of hydrogen-bond donors (Lipinski definition) is 2. The van der Waals surface area contributed by atoms with Crippen LogP contribution in [0.1, 0.15) is 55.7 Å². The van der Waals surface area contributed by atoms with Crippen LogP contribution in [0.5, 0.6) is 0 Å². The fourth-order valence-electron chi connectivity index (χ4n) is 3.36. The molecular formula is C16H22N2S. The van der Waals surface area contributed by atoms with Crippen molar-refractivity contribution in [2.45, 2.75) is 57.0 Å². The van der Waals surface area contributed by atoms with Gasteiger partial charge in [-0.15, -0.1) is 0 Å². The third kappa shape index (κ3) is 3.08. The van der Waals surface area contributed by atoms with Crippen LogP contribution in [0, 0.1) is 0 Å². The number of fused-ring (bicyclic) bond motifs is 1. The van der Waals surface area contributed by atoms with Gasteiger partial charge < -0.3 is 10.6 Å². The smallest absolute Gasteiger partial charge is 0.166 e. The quantitative estimate of drug-likeness (QED) is 0.808. The summed E-state index contributed by atoms with van der Waals surface area (Å²) in [5.41, 5.74) is 2.92. The molecule has 1 aromatic carbocycles. The standard InChI is InChI=1S/C16H22N2S/c19-16(17-13-8-2-3-9-13)18-15-11-5-7-12-6-1-4-10-14(12)15/h1,4,6,10,13,15H,2-3,5,7-9,11H2,(H2,17,18,19). The second kappa shape index (κ2) is 5.91. The molecule has 3 heteroatoms. The Morgan fingerprint density at radius 2 is 1.79 bits per heavy atom. The van der Waals surface area contributed by atoms with Gasteiger partial charge in [-0.3, -0.25) is 0 Å². The van der Waals surface area contributed by atoms with E-state index in [0.29, 0.717) is 12.1 Å². The number of thiocarbonyl (C=S) groups is 1. The molecule has 2 aliphatic carbocycles. The average molecular weight is 274 g/mol. The van der Waals surface area contributed by atoms with Gasteiger partial charge in [0.1, 0.15) is 0 Å². The Bertz CT molecular complexity index is 452. The summed E-state index contributed by atoms with van der Waals surface area (Å²) in [6.07, 6.45) is 8.85. The number of aryl methyl sites for hydroxylation is 1. The highest BCUT2D eigenvalue weighted by Crippen LogP contribution is 2.29. The molecule has 19 heavy (non-hydrogen) atoms. The largest absolute Gasteiger partial charge is 0.360 e. The van der Waals surface area contributed by atoms with Gasteiger partial charge in [0, 0.05) is 6.04 Å². The van der Waals surface area contributed by atoms with Crippen LogP contribution in [-0.2, 0) is 6.42 Å². The fourth-order valence-corrected chi connectivity index (χ4v) is 3.67. The van der Waals surface area contributed by atoms with Gasteiger partial charge in [-0.1, -0.05) is 37.1 Å². The van der Waals surface area contributed by atoms with Crippen molar-refractivity contribution >= 4 is 17.3 Å². The van der Waals surface area contributed by atoms with Crippen molar-refractivity contribution in [3.63, 3.8) is 0 Å². The minimum Gasteiger partial charge on any atom is -0.360 e. The fraction of sp³-hybridized carbons (Fsp3) is 0.562. The van der Waals surface area contributed by atoms with E-state index in [1.165, 1.54) is 56.1 Å². The summed E-state index contributed by atoms with van der Waals surface area (Å²) in [5, 5.41) is 7.84. The van der Waals surface area contributed by atoms with Gasteiger partial charge in [-0.05, 0) is 55.4 Å². The molecule has 1 saturated carbocycles. The lowest BCUT2D eigenvalue weighted by Gasteiger charge is -2.28. The lowest BCUT2D eigenvalue weighted by molar-refractivity contribution is 0.515. The number of hydrogen-bond acceptors (Lipinski definition) is 1. The molecule has 0 amide bonds. The van der Waals surface area contributed by atoms with E-state index in [1.807, 2.05) is 0 Å². The predicted octanol–water partition coefficient (Wildman–Crippen LogP) is 3.47. The van der Waals surface area contributed by atoms with Gasteiger partial charge in [-0.2, -0.15) is 0 Å². The van der Waals surface area contributed by atoms with E-state index in [2.05, 4.69) is 34.9 Å². The Balaban J connectivity index is 1.62. The molecule has 2 aliphatic rings. The third-order valence-corrected chi connectivity index (χ3v) is 4.60. The van der Waals surface area contributed by atoms with Crippen LogP contribution in [0.4, 0.5) is 0 Å². The zero-order chi connectivity index (χ0) is 13.1. The van der Waals surface area contributed by atoms with E-state index in [0.717, 1.165) is 5.11 Å². The zero-order valence-electron chi connectivity index (χ0n) is 11.3. The molecule has 0 bridgehead atoms. The highest BCUT2D eigenvalue weighted by atomic mass is 32.1. The molecule has 1 fully saturated rings. The first-order valence-electron chi connectivity index (χ1n) is 7.48. The molecule has 0 spiro atoms. The van der Waals surface area contributed by atoms with Crippen molar-refractivity contribution in [2.24, 2.45) is 0 Å². The minimum atomic E-state index is 0.395. The van der Waals surface area contributed by atoms with Crippen molar-refractivity contribution in [2.75, 3.05) is 0 Å². The summed E-state index contributed by atoms with van der Waals surface area (Å²) in [4.78, 5) is 0. The van der Waals surface area contributed by atoms with Gasteiger partial charge in [0.15, 0.2) is 5.11 Å². The molecule has 1 aromatic rings. The van der Waals surface area contributed by atoms with Crippen molar-refractivity contribution in [3.8, 4) is 0 Å². The SMILES string of the molecule is S=C(NC1CCCC1)NC1CCCc2ccccc21. The maximum atomic E-state index is 5.48. The highest BCUT2D eigenvalue weighted by Gasteiger charge is 2.21. The second-order valence-corrected chi connectivity index (χ2v) is 6.15. The monoisotopic (exact) mass is 274 g/mol. The maximum Gasteiger partial charge on any atom is 0.166 e. The molecule has 3 rings (SSSR count). The second-order valence-electron chi connectivity index (χ2n) is 5.74. The zero-order valence-corrected chi connectivity index (χ0v) is 12.1. The Morgan fingerprint density at radius 1 is 1.00 bits per heavy atom. The summed E-state index contributed by atoms with van der Waals surface area (Å²) < 4.78 is 0. The predicted molar refractivity (Wildman–Crippen MR) is 83.2 cm³/mol. The summed E-state index contributed by atoms with van der Waals surface area (Å²) in [7, 11) is 0.